The highest BCUT2D eigenvalue weighted by Gasteiger charge is 2.28. The Morgan fingerprint density at radius 2 is 1.77 bits per heavy atom. The average molecular weight is 341 g/mol. The van der Waals surface area contributed by atoms with E-state index in [1.165, 1.54) is 27.3 Å². The minimum atomic E-state index is -3.85. The zero-order chi connectivity index (χ0) is 16.3. The summed E-state index contributed by atoms with van der Waals surface area (Å²) in [6.07, 6.45) is 0. The van der Waals surface area contributed by atoms with Crippen LogP contribution in [-0.4, -0.2) is 35.7 Å². The summed E-state index contributed by atoms with van der Waals surface area (Å²) in [5, 5.41) is 1.54. The minimum absolute atomic E-state index is 0.0582. The first-order chi connectivity index (χ1) is 10.4. The second-order valence-electron chi connectivity index (χ2n) is 4.28. The summed E-state index contributed by atoms with van der Waals surface area (Å²) in [6.45, 7) is 0. The van der Waals surface area contributed by atoms with E-state index in [0.717, 1.165) is 15.6 Å². The molecule has 118 valence electrons. The largest absolute Gasteiger partial charge is 0.497 e. The predicted octanol–water partition coefficient (Wildman–Crippen LogP) is 2.37. The fourth-order valence-electron chi connectivity index (χ4n) is 1.82. The van der Waals surface area contributed by atoms with Gasteiger partial charge in [-0.3, -0.25) is 4.31 Å². The fourth-order valence-corrected chi connectivity index (χ4v) is 4.32. The van der Waals surface area contributed by atoms with Crippen LogP contribution in [0.2, 0.25) is 0 Å². The SMILES string of the molecule is COC(=O)c1sccc1S(=O)(=O)N(C)c1ccc(OC)cc1. The van der Waals surface area contributed by atoms with Gasteiger partial charge in [0.1, 0.15) is 15.5 Å². The van der Waals surface area contributed by atoms with Gasteiger partial charge in [0.15, 0.2) is 0 Å². The van der Waals surface area contributed by atoms with Gasteiger partial charge in [0.05, 0.1) is 19.9 Å². The van der Waals surface area contributed by atoms with Crippen molar-refractivity contribution in [2.45, 2.75) is 4.90 Å². The van der Waals surface area contributed by atoms with Crippen LogP contribution in [0.1, 0.15) is 9.67 Å². The molecular weight excluding hydrogens is 326 g/mol. The maximum absolute atomic E-state index is 12.7. The van der Waals surface area contributed by atoms with E-state index in [1.54, 1.807) is 29.6 Å². The molecule has 8 heteroatoms. The highest BCUT2D eigenvalue weighted by Crippen LogP contribution is 2.29. The molecule has 0 aliphatic carbocycles. The van der Waals surface area contributed by atoms with Crippen LogP contribution >= 0.6 is 11.3 Å². The number of esters is 1. The van der Waals surface area contributed by atoms with Crippen molar-refractivity contribution in [2.24, 2.45) is 0 Å². The molecule has 0 radical (unpaired) electrons. The Hall–Kier alpha value is -2.06. The van der Waals surface area contributed by atoms with Crippen molar-refractivity contribution in [3.05, 3.63) is 40.6 Å². The number of ether oxygens (including phenoxy) is 2. The van der Waals surface area contributed by atoms with Crippen LogP contribution in [0, 0.1) is 0 Å². The van der Waals surface area contributed by atoms with Crippen LogP contribution in [-0.2, 0) is 14.8 Å². The Labute approximate surface area is 132 Å². The fraction of sp³-hybridized carbons (Fsp3) is 0.214. The molecule has 0 unspecified atom stereocenters. The molecule has 0 N–H and O–H groups in total. The maximum atomic E-state index is 12.7. The molecule has 0 atom stereocenters. The molecule has 0 spiro atoms. The van der Waals surface area contributed by atoms with Crippen LogP contribution in [0.4, 0.5) is 5.69 Å². The second-order valence-corrected chi connectivity index (χ2v) is 7.13. The van der Waals surface area contributed by atoms with Gasteiger partial charge < -0.3 is 9.47 Å². The topological polar surface area (TPSA) is 72.9 Å². The van der Waals surface area contributed by atoms with Gasteiger partial charge in [-0.15, -0.1) is 11.3 Å². The van der Waals surface area contributed by atoms with E-state index in [1.807, 2.05) is 0 Å². The molecule has 0 aliphatic rings. The Morgan fingerprint density at radius 1 is 1.14 bits per heavy atom. The molecule has 0 amide bonds. The lowest BCUT2D eigenvalue weighted by atomic mass is 10.3. The number of methoxy groups -OCH3 is 2. The molecule has 0 bridgehead atoms. The molecule has 1 aromatic carbocycles. The number of anilines is 1. The third-order valence-corrected chi connectivity index (χ3v) is 5.93. The van der Waals surface area contributed by atoms with E-state index in [9.17, 15) is 13.2 Å². The monoisotopic (exact) mass is 341 g/mol. The standard InChI is InChI=1S/C14H15NO5S2/c1-15(10-4-6-11(19-2)7-5-10)22(17,18)12-8-9-21-13(12)14(16)20-3/h4-9H,1-3H3. The van der Waals surface area contributed by atoms with Crippen LogP contribution < -0.4 is 9.04 Å². The molecule has 2 rings (SSSR count). The van der Waals surface area contributed by atoms with Crippen molar-refractivity contribution in [2.75, 3.05) is 25.6 Å². The normalized spacial score (nSPS) is 11.0. The van der Waals surface area contributed by atoms with Crippen LogP contribution in [0.5, 0.6) is 5.75 Å². The molecule has 1 heterocycles. The number of benzene rings is 1. The third-order valence-electron chi connectivity index (χ3n) is 3.07. The number of carbonyl (C=O) groups excluding carboxylic acids is 1. The zero-order valence-corrected chi connectivity index (χ0v) is 13.9. The lowest BCUT2D eigenvalue weighted by Gasteiger charge is -2.19. The summed E-state index contributed by atoms with van der Waals surface area (Å²) in [4.78, 5) is 11.7. The molecule has 0 fully saturated rings. The van der Waals surface area contributed by atoms with Crippen molar-refractivity contribution >= 4 is 33.0 Å². The Kier molecular flexibility index (Phi) is 4.72. The molecule has 0 saturated heterocycles. The number of thiophene rings is 1. The predicted molar refractivity (Wildman–Crippen MR) is 84.2 cm³/mol. The molecule has 2 aromatic rings. The van der Waals surface area contributed by atoms with Gasteiger partial charge in [-0.25, -0.2) is 13.2 Å². The van der Waals surface area contributed by atoms with Gasteiger partial charge in [0.2, 0.25) is 0 Å². The average Bonchev–Trinajstić information content (AvgIpc) is 3.04. The number of sulfonamides is 1. The summed E-state index contributed by atoms with van der Waals surface area (Å²) < 4.78 is 36.1. The van der Waals surface area contributed by atoms with Crippen molar-refractivity contribution in [1.29, 1.82) is 0 Å². The van der Waals surface area contributed by atoms with Crippen molar-refractivity contribution < 1.29 is 22.7 Å². The molecule has 1 aromatic heterocycles. The second kappa shape index (κ2) is 6.37. The smallest absolute Gasteiger partial charge is 0.349 e. The number of rotatable bonds is 5. The first-order valence-corrected chi connectivity index (χ1v) is 8.52. The van der Waals surface area contributed by atoms with E-state index in [2.05, 4.69) is 4.74 Å². The van der Waals surface area contributed by atoms with Gasteiger partial charge in [0.25, 0.3) is 10.0 Å². The van der Waals surface area contributed by atoms with Crippen LogP contribution in [0.3, 0.4) is 0 Å². The number of hydrogen-bond acceptors (Lipinski definition) is 6. The molecule has 0 saturated carbocycles. The van der Waals surface area contributed by atoms with E-state index >= 15 is 0 Å². The van der Waals surface area contributed by atoms with Gasteiger partial charge >= 0.3 is 5.97 Å². The Balaban J connectivity index is 2.41. The first-order valence-electron chi connectivity index (χ1n) is 6.20. The van der Waals surface area contributed by atoms with Gasteiger partial charge in [-0.2, -0.15) is 0 Å². The van der Waals surface area contributed by atoms with Crippen LogP contribution in [0.15, 0.2) is 40.6 Å². The quantitative estimate of drug-likeness (QED) is 0.781. The summed E-state index contributed by atoms with van der Waals surface area (Å²) in [7, 11) is 0.320. The maximum Gasteiger partial charge on any atom is 0.349 e. The molecule has 6 nitrogen and oxygen atoms in total. The number of nitrogens with zero attached hydrogens (tertiary/aromatic N) is 1. The summed E-state index contributed by atoms with van der Waals surface area (Å²) in [6, 6.07) is 7.97. The first kappa shape index (κ1) is 16.3. The zero-order valence-electron chi connectivity index (χ0n) is 12.3. The van der Waals surface area contributed by atoms with E-state index < -0.39 is 16.0 Å². The molecular formula is C14H15NO5S2. The number of carbonyl (C=O) groups is 1. The highest BCUT2D eigenvalue weighted by molar-refractivity contribution is 7.93. The molecule has 0 aliphatic heterocycles. The van der Waals surface area contributed by atoms with E-state index in [-0.39, 0.29) is 9.77 Å². The number of hydrogen-bond donors (Lipinski definition) is 0. The van der Waals surface area contributed by atoms with Crippen molar-refractivity contribution in [3.63, 3.8) is 0 Å². The summed E-state index contributed by atoms with van der Waals surface area (Å²) in [5.41, 5.74) is 0.461. The van der Waals surface area contributed by atoms with Crippen LogP contribution in [0.25, 0.3) is 0 Å². The van der Waals surface area contributed by atoms with E-state index in [0.29, 0.717) is 11.4 Å². The summed E-state index contributed by atoms with van der Waals surface area (Å²) in [5.74, 6) is -0.0444. The minimum Gasteiger partial charge on any atom is -0.497 e. The summed E-state index contributed by atoms with van der Waals surface area (Å²) >= 11 is 1.03. The Bertz CT molecular complexity index is 765. The Morgan fingerprint density at radius 3 is 2.32 bits per heavy atom. The van der Waals surface area contributed by atoms with Gasteiger partial charge in [0, 0.05) is 7.05 Å². The van der Waals surface area contributed by atoms with Gasteiger partial charge in [-0.05, 0) is 35.7 Å². The third kappa shape index (κ3) is 2.93. The molecule has 22 heavy (non-hydrogen) atoms. The highest BCUT2D eigenvalue weighted by atomic mass is 32.2. The van der Waals surface area contributed by atoms with E-state index in [4.69, 9.17) is 4.74 Å². The lowest BCUT2D eigenvalue weighted by molar-refractivity contribution is 0.0602. The lowest BCUT2D eigenvalue weighted by Crippen LogP contribution is -2.27. The van der Waals surface area contributed by atoms with Crippen molar-refractivity contribution in [3.8, 4) is 5.75 Å². The van der Waals surface area contributed by atoms with Gasteiger partial charge in [-0.1, -0.05) is 0 Å². The van der Waals surface area contributed by atoms with Crippen molar-refractivity contribution in [1.82, 2.24) is 0 Å².